The van der Waals surface area contributed by atoms with Gasteiger partial charge in [-0.1, -0.05) is 32.1 Å². The number of aliphatic carboxylic acids is 1. The minimum Gasteiger partial charge on any atom is -0.480 e. The van der Waals surface area contributed by atoms with Gasteiger partial charge in [-0.15, -0.1) is 0 Å². The molecule has 5 heteroatoms. The van der Waals surface area contributed by atoms with Gasteiger partial charge in [0.15, 0.2) is 5.83 Å². The second-order valence-electron chi connectivity index (χ2n) is 6.34. The molecule has 3 aliphatic rings. The van der Waals surface area contributed by atoms with Gasteiger partial charge >= 0.3 is 5.97 Å². The first kappa shape index (κ1) is 15.0. The zero-order chi connectivity index (χ0) is 15.7. The first-order chi connectivity index (χ1) is 10.6. The molecule has 0 saturated heterocycles. The van der Waals surface area contributed by atoms with Crippen molar-refractivity contribution in [3.05, 3.63) is 35.3 Å². The highest BCUT2D eigenvalue weighted by molar-refractivity contribution is 6.05. The number of fused-ring (bicyclic) bond motifs is 1. The Morgan fingerprint density at radius 1 is 1.32 bits per heavy atom. The summed E-state index contributed by atoms with van der Waals surface area (Å²) in [5, 5.41) is 9.55. The van der Waals surface area contributed by atoms with E-state index in [0.717, 1.165) is 25.7 Å². The Balaban J connectivity index is 1.76. The second-order valence-corrected chi connectivity index (χ2v) is 6.34. The van der Waals surface area contributed by atoms with Gasteiger partial charge in [-0.05, 0) is 30.1 Å². The van der Waals surface area contributed by atoms with Crippen LogP contribution in [0.1, 0.15) is 38.5 Å². The summed E-state index contributed by atoms with van der Waals surface area (Å²) in [7, 11) is 0. The van der Waals surface area contributed by atoms with E-state index in [2.05, 4.69) is 0 Å². The van der Waals surface area contributed by atoms with E-state index in [4.69, 9.17) is 0 Å². The van der Waals surface area contributed by atoms with Crippen molar-refractivity contribution < 1.29 is 19.1 Å². The van der Waals surface area contributed by atoms with Gasteiger partial charge in [-0.25, -0.2) is 9.18 Å². The van der Waals surface area contributed by atoms with E-state index >= 15 is 0 Å². The number of carbonyl (C=O) groups is 2. The first-order valence-electron chi connectivity index (χ1n) is 7.88. The molecule has 22 heavy (non-hydrogen) atoms. The van der Waals surface area contributed by atoms with Crippen LogP contribution in [0.2, 0.25) is 0 Å². The van der Waals surface area contributed by atoms with Crippen molar-refractivity contribution in [3.8, 4) is 0 Å². The van der Waals surface area contributed by atoms with Gasteiger partial charge in [0.05, 0.1) is 0 Å². The lowest BCUT2D eigenvalue weighted by molar-refractivity contribution is -0.142. The highest BCUT2D eigenvalue weighted by Gasteiger charge is 2.34. The Kier molecular flexibility index (Phi) is 4.14. The van der Waals surface area contributed by atoms with Crippen LogP contribution in [0.4, 0.5) is 4.39 Å². The van der Waals surface area contributed by atoms with Crippen LogP contribution in [0, 0.1) is 5.92 Å². The Bertz CT molecular complexity index is 585. The predicted molar refractivity (Wildman–Crippen MR) is 79.7 cm³/mol. The van der Waals surface area contributed by atoms with Crippen LogP contribution in [0.15, 0.2) is 35.3 Å². The molecule has 0 radical (unpaired) electrons. The third-order valence-corrected chi connectivity index (χ3v) is 4.86. The molecule has 0 unspecified atom stereocenters. The number of hydrogen-bond acceptors (Lipinski definition) is 3. The van der Waals surface area contributed by atoms with E-state index in [1.54, 1.807) is 17.2 Å². The lowest BCUT2D eigenvalue weighted by atomic mass is 9.84. The molecule has 118 valence electrons. The van der Waals surface area contributed by atoms with Gasteiger partial charge in [-0.2, -0.15) is 0 Å². The molecule has 4 nitrogen and oxygen atoms in total. The molecule has 1 saturated carbocycles. The van der Waals surface area contributed by atoms with Crippen molar-refractivity contribution in [1.82, 2.24) is 4.90 Å². The smallest absolute Gasteiger partial charge is 0.326 e. The summed E-state index contributed by atoms with van der Waals surface area (Å²) < 4.78 is 13.9. The number of carboxylic acids is 1. The molecule has 0 spiro atoms. The third-order valence-electron chi connectivity index (χ3n) is 4.86. The normalized spacial score (nSPS) is 23.6. The van der Waals surface area contributed by atoms with E-state index in [9.17, 15) is 19.1 Å². The van der Waals surface area contributed by atoms with Crippen molar-refractivity contribution in [2.75, 3.05) is 6.54 Å². The van der Waals surface area contributed by atoms with Gasteiger partial charge in [0, 0.05) is 18.3 Å². The average molecular weight is 305 g/mol. The second kappa shape index (κ2) is 6.07. The molecule has 3 rings (SSSR count). The van der Waals surface area contributed by atoms with Crippen molar-refractivity contribution in [1.29, 1.82) is 0 Å². The molecule has 1 heterocycles. The predicted octanol–water partition coefficient (Wildman–Crippen LogP) is 2.97. The van der Waals surface area contributed by atoms with Crippen molar-refractivity contribution in [2.45, 2.75) is 44.6 Å². The van der Waals surface area contributed by atoms with Gasteiger partial charge in [0.25, 0.3) is 0 Å². The Hall–Kier alpha value is -1.91. The third kappa shape index (κ3) is 2.85. The summed E-state index contributed by atoms with van der Waals surface area (Å²) in [6, 6.07) is -0.648. The summed E-state index contributed by atoms with van der Waals surface area (Å²) in [5.74, 6) is -1.84. The molecule has 1 fully saturated rings. The Morgan fingerprint density at radius 2 is 2.05 bits per heavy atom. The molecule has 0 aromatic rings. The van der Waals surface area contributed by atoms with Crippen LogP contribution in [0.3, 0.4) is 0 Å². The van der Waals surface area contributed by atoms with Crippen molar-refractivity contribution in [3.63, 3.8) is 0 Å². The first-order valence-corrected chi connectivity index (χ1v) is 7.88. The molecule has 1 N–H and O–H groups in total. The van der Waals surface area contributed by atoms with Gasteiger partial charge < -0.3 is 10.0 Å². The summed E-state index contributed by atoms with van der Waals surface area (Å²) in [6.07, 6.45) is 10.7. The topological polar surface area (TPSA) is 57.6 Å². The molecular formula is C17H20FNO3. The minimum atomic E-state index is -0.877. The maximum atomic E-state index is 13.9. The minimum absolute atomic E-state index is 0.168. The maximum Gasteiger partial charge on any atom is 0.326 e. The van der Waals surface area contributed by atoms with Crippen molar-refractivity contribution >= 4 is 11.8 Å². The van der Waals surface area contributed by atoms with Crippen LogP contribution in [-0.2, 0) is 9.59 Å². The van der Waals surface area contributed by atoms with Crippen LogP contribution in [-0.4, -0.2) is 34.3 Å². The summed E-state index contributed by atoms with van der Waals surface area (Å²) in [6.45, 7) is 0.168. The molecule has 0 amide bonds. The van der Waals surface area contributed by atoms with E-state index in [-0.39, 0.29) is 6.54 Å². The van der Waals surface area contributed by atoms with E-state index in [1.807, 2.05) is 0 Å². The standard InChI is InChI=1S/C17H20FNO3/c18-16-13-10-19(9-12(13)6-7-15(16)20)14(17(21)22)8-11-4-2-1-3-5-11/h6-7,9,11,14H,1-5,8,10H2,(H,21,22)/t14-/m0/s1. The Labute approximate surface area is 129 Å². The number of allylic oxidation sites excluding steroid dienone is 3. The summed E-state index contributed by atoms with van der Waals surface area (Å²) in [4.78, 5) is 24.7. The number of halogens is 1. The van der Waals surface area contributed by atoms with Crippen molar-refractivity contribution in [2.24, 2.45) is 5.92 Å². The molecular weight excluding hydrogens is 285 g/mol. The summed E-state index contributed by atoms with van der Waals surface area (Å²) >= 11 is 0. The van der Waals surface area contributed by atoms with Crippen LogP contribution in [0.5, 0.6) is 0 Å². The largest absolute Gasteiger partial charge is 0.480 e. The Morgan fingerprint density at radius 3 is 2.73 bits per heavy atom. The van der Waals surface area contributed by atoms with Crippen LogP contribution in [0.25, 0.3) is 0 Å². The fraction of sp³-hybridized carbons (Fsp3) is 0.529. The van der Waals surface area contributed by atoms with Crippen LogP contribution >= 0.6 is 0 Å². The summed E-state index contributed by atoms with van der Waals surface area (Å²) in [5.41, 5.74) is 0.939. The molecule has 0 aromatic carbocycles. The number of carbonyl (C=O) groups excluding carboxylic acids is 1. The van der Waals surface area contributed by atoms with E-state index in [0.29, 0.717) is 23.5 Å². The number of rotatable bonds is 4. The van der Waals surface area contributed by atoms with Crippen LogP contribution < -0.4 is 0 Å². The average Bonchev–Trinajstić information content (AvgIpc) is 2.94. The number of nitrogens with zero attached hydrogens (tertiary/aromatic N) is 1. The maximum absolute atomic E-state index is 13.9. The van der Waals surface area contributed by atoms with Gasteiger partial charge in [0.2, 0.25) is 5.78 Å². The number of ketones is 1. The van der Waals surface area contributed by atoms with E-state index in [1.165, 1.54) is 12.5 Å². The molecule has 1 atom stereocenters. The SMILES string of the molecule is O=C1C=CC2=CN([C@@H](CC3CCCCC3)C(=O)O)CC2=C1F. The quantitative estimate of drug-likeness (QED) is 0.867. The molecule has 2 aliphatic carbocycles. The zero-order valence-electron chi connectivity index (χ0n) is 12.4. The van der Waals surface area contributed by atoms with E-state index < -0.39 is 23.6 Å². The van der Waals surface area contributed by atoms with Gasteiger partial charge in [-0.3, -0.25) is 4.79 Å². The highest BCUT2D eigenvalue weighted by Crippen LogP contribution is 2.34. The number of hydrogen-bond donors (Lipinski definition) is 1. The number of carboxylic acid groups (broad SMARTS) is 1. The highest BCUT2D eigenvalue weighted by atomic mass is 19.1. The zero-order valence-corrected chi connectivity index (χ0v) is 12.4. The molecule has 0 bridgehead atoms. The fourth-order valence-electron chi connectivity index (χ4n) is 3.62. The molecule has 0 aromatic heterocycles. The lowest BCUT2D eigenvalue weighted by Gasteiger charge is -2.30. The monoisotopic (exact) mass is 305 g/mol. The lowest BCUT2D eigenvalue weighted by Crippen LogP contribution is -2.38. The fourth-order valence-corrected chi connectivity index (χ4v) is 3.62. The van der Waals surface area contributed by atoms with Gasteiger partial charge in [0.1, 0.15) is 6.04 Å². The molecule has 1 aliphatic heterocycles.